The molecule has 148 valence electrons. The van der Waals surface area contributed by atoms with Gasteiger partial charge in [0.1, 0.15) is 5.82 Å². The van der Waals surface area contributed by atoms with Crippen LogP contribution in [0.15, 0.2) is 18.3 Å². The summed E-state index contributed by atoms with van der Waals surface area (Å²) in [6, 6.07) is 4.11. The molecule has 2 fully saturated rings. The molecule has 0 aromatic carbocycles. The Morgan fingerprint density at radius 3 is 2.43 bits per heavy atom. The second-order valence-electron chi connectivity index (χ2n) is 7.27. The fourth-order valence-corrected chi connectivity index (χ4v) is 3.88. The zero-order valence-corrected chi connectivity index (χ0v) is 16.0. The van der Waals surface area contributed by atoms with Crippen molar-refractivity contribution >= 4 is 17.6 Å². The van der Waals surface area contributed by atoms with Crippen molar-refractivity contribution in [1.82, 2.24) is 20.2 Å². The van der Waals surface area contributed by atoms with Crippen molar-refractivity contribution in [2.75, 3.05) is 73.8 Å². The lowest BCUT2D eigenvalue weighted by Crippen LogP contribution is -2.47. The van der Waals surface area contributed by atoms with Gasteiger partial charge < -0.3 is 24.2 Å². The first kappa shape index (κ1) is 17.6. The Bertz CT molecular complexity index is 820. The molecule has 0 unspecified atom stereocenters. The molecular weight excluding hydrogens is 358 g/mol. The summed E-state index contributed by atoms with van der Waals surface area (Å²) in [5, 5.41) is 8.85. The maximum Gasteiger partial charge on any atom is 0.227 e. The topological polar surface area (TPSA) is 79.7 Å². The van der Waals surface area contributed by atoms with E-state index < -0.39 is 0 Å². The highest BCUT2D eigenvalue weighted by atomic mass is 16.5. The molecule has 0 amide bonds. The lowest BCUT2D eigenvalue weighted by atomic mass is 10.1. The van der Waals surface area contributed by atoms with Gasteiger partial charge >= 0.3 is 0 Å². The van der Waals surface area contributed by atoms with Crippen LogP contribution in [0.5, 0.6) is 0 Å². The molecule has 3 aliphatic heterocycles. The fourth-order valence-electron chi connectivity index (χ4n) is 3.88. The number of rotatable bonds is 3. The molecule has 3 aliphatic rings. The molecule has 28 heavy (non-hydrogen) atoms. The van der Waals surface area contributed by atoms with Crippen LogP contribution in [0.4, 0.5) is 17.6 Å². The van der Waals surface area contributed by atoms with Crippen LogP contribution in [0.2, 0.25) is 0 Å². The molecule has 0 aliphatic carbocycles. The molecule has 0 N–H and O–H groups in total. The number of nitrogens with zero attached hydrogens (tertiary/aromatic N) is 7. The Hall–Kier alpha value is -2.52. The van der Waals surface area contributed by atoms with Crippen molar-refractivity contribution in [3.05, 3.63) is 29.6 Å². The minimum atomic E-state index is 0.639. The Kier molecular flexibility index (Phi) is 4.92. The normalized spacial score (nSPS) is 20.2. The van der Waals surface area contributed by atoms with Crippen LogP contribution in [0.25, 0.3) is 0 Å². The molecule has 9 heteroatoms. The summed E-state index contributed by atoms with van der Waals surface area (Å²) in [7, 11) is 0. The number of piperazine rings is 1. The summed E-state index contributed by atoms with van der Waals surface area (Å²) in [6.45, 7) is 8.12. The molecule has 0 bridgehead atoms. The Labute approximate surface area is 164 Å². The van der Waals surface area contributed by atoms with E-state index in [4.69, 9.17) is 14.5 Å². The molecular formula is C19H25N7O2. The van der Waals surface area contributed by atoms with Gasteiger partial charge in [-0.15, -0.1) is 5.10 Å². The van der Waals surface area contributed by atoms with Crippen molar-refractivity contribution in [2.45, 2.75) is 13.0 Å². The molecule has 0 radical (unpaired) electrons. The first-order chi connectivity index (χ1) is 13.9. The highest BCUT2D eigenvalue weighted by Crippen LogP contribution is 2.22. The molecule has 9 nitrogen and oxygen atoms in total. The summed E-state index contributed by atoms with van der Waals surface area (Å²) in [6.07, 6.45) is 2.71. The van der Waals surface area contributed by atoms with Gasteiger partial charge in [-0.3, -0.25) is 0 Å². The minimum Gasteiger partial charge on any atom is -0.378 e. The molecule has 2 aromatic rings. The van der Waals surface area contributed by atoms with Crippen molar-refractivity contribution in [2.24, 2.45) is 0 Å². The third-order valence-corrected chi connectivity index (χ3v) is 5.54. The minimum absolute atomic E-state index is 0.639. The van der Waals surface area contributed by atoms with Crippen molar-refractivity contribution in [3.63, 3.8) is 0 Å². The van der Waals surface area contributed by atoms with E-state index in [-0.39, 0.29) is 0 Å². The van der Waals surface area contributed by atoms with Crippen molar-refractivity contribution in [3.8, 4) is 0 Å². The van der Waals surface area contributed by atoms with Gasteiger partial charge in [0.2, 0.25) is 5.95 Å². The summed E-state index contributed by atoms with van der Waals surface area (Å²) >= 11 is 0. The van der Waals surface area contributed by atoms with Gasteiger partial charge in [0.25, 0.3) is 0 Å². The van der Waals surface area contributed by atoms with E-state index in [0.717, 1.165) is 88.8 Å². The van der Waals surface area contributed by atoms with Crippen LogP contribution in [-0.4, -0.2) is 79.3 Å². The number of aromatic nitrogens is 4. The first-order valence-corrected chi connectivity index (χ1v) is 9.96. The number of ether oxygens (including phenoxy) is 2. The predicted octanol–water partition coefficient (Wildman–Crippen LogP) is 0.503. The van der Waals surface area contributed by atoms with Crippen LogP contribution in [0.3, 0.4) is 0 Å². The van der Waals surface area contributed by atoms with Crippen molar-refractivity contribution in [1.29, 1.82) is 0 Å². The SMILES string of the molecule is c1cc(N2CCOCC2)nc(N2CCN(c3cc4c(nn3)CCOC4)CC2)n1. The molecule has 2 saturated heterocycles. The average molecular weight is 383 g/mol. The lowest BCUT2D eigenvalue weighted by molar-refractivity contribution is 0.109. The van der Waals surface area contributed by atoms with Gasteiger partial charge in [-0.1, -0.05) is 0 Å². The zero-order chi connectivity index (χ0) is 18.8. The third kappa shape index (κ3) is 3.59. The van der Waals surface area contributed by atoms with E-state index >= 15 is 0 Å². The Morgan fingerprint density at radius 2 is 1.57 bits per heavy atom. The van der Waals surface area contributed by atoms with E-state index in [2.05, 4.69) is 35.9 Å². The van der Waals surface area contributed by atoms with E-state index in [9.17, 15) is 0 Å². The van der Waals surface area contributed by atoms with Gasteiger partial charge in [0, 0.05) is 57.4 Å². The highest BCUT2D eigenvalue weighted by Gasteiger charge is 2.23. The van der Waals surface area contributed by atoms with Gasteiger partial charge in [-0.05, 0) is 12.1 Å². The number of morpholine rings is 1. The molecule has 0 atom stereocenters. The largest absolute Gasteiger partial charge is 0.378 e. The summed E-state index contributed by atoms with van der Waals surface area (Å²) in [5.41, 5.74) is 2.24. The van der Waals surface area contributed by atoms with E-state index in [0.29, 0.717) is 6.61 Å². The predicted molar refractivity (Wildman–Crippen MR) is 105 cm³/mol. The van der Waals surface area contributed by atoms with Crippen LogP contribution in [-0.2, 0) is 22.5 Å². The standard InChI is InChI=1S/C19H25N7O2/c1-3-20-19(21-17(1)25-8-11-27-12-9-25)26-6-4-24(5-7-26)18-13-15-14-28-10-2-16(15)22-23-18/h1,3,13H,2,4-12,14H2. The molecule has 5 rings (SSSR count). The average Bonchev–Trinajstić information content (AvgIpc) is 2.79. The van der Waals surface area contributed by atoms with Gasteiger partial charge in [0.15, 0.2) is 5.82 Å². The Morgan fingerprint density at radius 1 is 0.786 bits per heavy atom. The van der Waals surface area contributed by atoms with Crippen LogP contribution < -0.4 is 14.7 Å². The van der Waals surface area contributed by atoms with Crippen LogP contribution in [0.1, 0.15) is 11.3 Å². The summed E-state index contributed by atoms with van der Waals surface area (Å²) in [4.78, 5) is 16.1. The van der Waals surface area contributed by atoms with E-state index in [1.54, 1.807) is 0 Å². The molecule has 0 spiro atoms. The van der Waals surface area contributed by atoms with E-state index in [1.807, 2.05) is 12.3 Å². The number of anilines is 3. The second-order valence-corrected chi connectivity index (χ2v) is 7.27. The quantitative estimate of drug-likeness (QED) is 0.753. The van der Waals surface area contributed by atoms with E-state index in [1.165, 1.54) is 5.56 Å². The van der Waals surface area contributed by atoms with Gasteiger partial charge in [-0.2, -0.15) is 10.1 Å². The van der Waals surface area contributed by atoms with Gasteiger partial charge in [-0.25, -0.2) is 4.98 Å². The monoisotopic (exact) mass is 383 g/mol. The highest BCUT2D eigenvalue weighted by molar-refractivity contribution is 5.47. The zero-order valence-electron chi connectivity index (χ0n) is 16.0. The smallest absolute Gasteiger partial charge is 0.227 e. The second kappa shape index (κ2) is 7.84. The number of hydrogen-bond acceptors (Lipinski definition) is 9. The molecule has 0 saturated carbocycles. The fraction of sp³-hybridized carbons (Fsp3) is 0.579. The molecule has 5 heterocycles. The van der Waals surface area contributed by atoms with Gasteiger partial charge in [0.05, 0.1) is 32.1 Å². The summed E-state index contributed by atoms with van der Waals surface area (Å²) in [5.74, 6) is 2.72. The molecule has 2 aromatic heterocycles. The Balaban J connectivity index is 1.25. The first-order valence-electron chi connectivity index (χ1n) is 9.96. The van der Waals surface area contributed by atoms with Crippen molar-refractivity contribution < 1.29 is 9.47 Å². The number of hydrogen-bond donors (Lipinski definition) is 0. The maximum atomic E-state index is 5.55. The van der Waals surface area contributed by atoms with Crippen LogP contribution in [0, 0.1) is 0 Å². The number of fused-ring (bicyclic) bond motifs is 1. The lowest BCUT2D eigenvalue weighted by Gasteiger charge is -2.36. The maximum absolute atomic E-state index is 5.55. The summed E-state index contributed by atoms with van der Waals surface area (Å²) < 4.78 is 11.0. The van der Waals surface area contributed by atoms with Crippen LogP contribution >= 0.6 is 0 Å². The third-order valence-electron chi connectivity index (χ3n) is 5.54.